The van der Waals surface area contributed by atoms with Crippen molar-refractivity contribution in [3.05, 3.63) is 22.6 Å². The summed E-state index contributed by atoms with van der Waals surface area (Å²) >= 11 is 0. The summed E-state index contributed by atoms with van der Waals surface area (Å²) in [5.74, 6) is 3.74. The lowest BCUT2D eigenvalue weighted by atomic mass is 9.43. The normalized spacial score (nSPS) is 37.3. The number of ether oxygens (including phenoxy) is 2. The Hall–Kier alpha value is -2.81. The third-order valence-corrected chi connectivity index (χ3v) is 12.4. The number of hydrogen-bond donors (Lipinski definition) is 5. The van der Waals surface area contributed by atoms with Gasteiger partial charge in [0.05, 0.1) is 31.5 Å². The third kappa shape index (κ3) is 8.44. The van der Waals surface area contributed by atoms with Crippen LogP contribution >= 0.6 is 0 Å². The number of rotatable bonds is 14. The summed E-state index contributed by atoms with van der Waals surface area (Å²) in [6, 6.07) is 0. The Labute approximate surface area is 279 Å². The average molecular weight is 658 g/mol. The minimum atomic E-state index is -0.798. The van der Waals surface area contributed by atoms with Gasteiger partial charge in [-0.15, -0.1) is 12.3 Å². The molecular formula is C35H55N5O7. The average Bonchev–Trinajstić information content (AvgIpc) is 3.38. The van der Waals surface area contributed by atoms with Gasteiger partial charge in [0.1, 0.15) is 12.8 Å². The minimum Gasteiger partial charge on any atom is -0.447 e. The van der Waals surface area contributed by atoms with E-state index < -0.39 is 18.4 Å². The van der Waals surface area contributed by atoms with Crippen molar-refractivity contribution >= 4 is 12.0 Å². The van der Waals surface area contributed by atoms with Gasteiger partial charge in [-0.25, -0.2) is 4.79 Å². The molecule has 0 bridgehead atoms. The zero-order valence-electron chi connectivity index (χ0n) is 28.2. The molecule has 47 heavy (non-hydrogen) atoms. The standard InChI is InChI=1S/C35H55N5O7/c1-5-8-30(39-33(45)47-18-17-46-16-15-37-40-36)38-31(44)10-7-6-9-22(2)25-11-12-26-32-27(21-29(43)35(25,26)4)34(3)14-13-24(41)19-23(34)20-28(32)42/h1,7,10,22-30,32,41-43H,6,8-9,11-21H2,2-4H3,(H,38,44)(H,39,45)/b10-7+/t22-,23+,24-,25-,26+,27+,28-,29+,30?,32+,34+,35-/m1/s1. The van der Waals surface area contributed by atoms with Gasteiger partial charge in [-0.05, 0) is 116 Å². The fourth-order valence-electron chi connectivity index (χ4n) is 9.99. The first-order valence-corrected chi connectivity index (χ1v) is 17.4. The number of carbonyl (C=O) groups excluding carboxylic acids is 2. The number of terminal acetylenes is 1. The second kappa shape index (κ2) is 16.5. The number of hydrogen-bond acceptors (Lipinski definition) is 8. The van der Waals surface area contributed by atoms with Gasteiger partial charge in [-0.1, -0.05) is 32.0 Å². The molecule has 0 radical (unpaired) electrons. The van der Waals surface area contributed by atoms with E-state index in [0.717, 1.165) is 44.9 Å². The summed E-state index contributed by atoms with van der Waals surface area (Å²) in [7, 11) is 0. The molecule has 0 aliphatic heterocycles. The highest BCUT2D eigenvalue weighted by molar-refractivity contribution is 5.88. The number of fused-ring (bicyclic) bond motifs is 5. The summed E-state index contributed by atoms with van der Waals surface area (Å²) in [5.41, 5.74) is 8.03. The summed E-state index contributed by atoms with van der Waals surface area (Å²) in [4.78, 5) is 27.3. The lowest BCUT2D eigenvalue weighted by molar-refractivity contribution is -0.207. The maximum atomic E-state index is 12.6. The Morgan fingerprint density at radius 1 is 1.11 bits per heavy atom. The van der Waals surface area contributed by atoms with Crippen molar-refractivity contribution in [2.45, 2.75) is 109 Å². The quantitative estimate of drug-likeness (QED) is 0.0347. The van der Waals surface area contributed by atoms with Gasteiger partial charge in [-0.2, -0.15) is 0 Å². The molecule has 0 aromatic rings. The van der Waals surface area contributed by atoms with Gasteiger partial charge in [0, 0.05) is 17.9 Å². The molecule has 4 aliphatic rings. The number of nitrogens with zero attached hydrogens (tertiary/aromatic N) is 3. The second-order valence-corrected chi connectivity index (χ2v) is 14.8. The number of amides is 2. The number of carbonyl (C=O) groups is 2. The van der Waals surface area contributed by atoms with Crippen LogP contribution in [0.4, 0.5) is 4.79 Å². The maximum absolute atomic E-state index is 12.6. The molecule has 1 unspecified atom stereocenters. The zero-order valence-corrected chi connectivity index (χ0v) is 28.2. The molecule has 4 rings (SSSR count). The van der Waals surface area contributed by atoms with Crippen LogP contribution in [0.15, 0.2) is 17.3 Å². The van der Waals surface area contributed by atoms with Crippen LogP contribution in [0.3, 0.4) is 0 Å². The molecule has 262 valence electrons. The van der Waals surface area contributed by atoms with Crippen LogP contribution in [0.2, 0.25) is 0 Å². The molecule has 0 aromatic heterocycles. The van der Waals surface area contributed by atoms with Crippen LogP contribution < -0.4 is 10.6 Å². The molecule has 0 saturated heterocycles. The fraction of sp³-hybridized carbons (Fsp3) is 0.829. The van der Waals surface area contributed by atoms with Crippen molar-refractivity contribution < 1.29 is 34.4 Å². The molecule has 5 N–H and O–H groups in total. The van der Waals surface area contributed by atoms with Crippen LogP contribution in [0, 0.1) is 58.7 Å². The first kappa shape index (κ1) is 37.0. The Balaban J connectivity index is 1.25. The van der Waals surface area contributed by atoms with Crippen molar-refractivity contribution in [1.82, 2.24) is 10.6 Å². The molecule has 0 spiro atoms. The molecule has 12 atom stereocenters. The van der Waals surface area contributed by atoms with E-state index in [2.05, 4.69) is 47.4 Å². The number of aliphatic hydroxyl groups is 3. The van der Waals surface area contributed by atoms with E-state index in [-0.39, 0.29) is 79.5 Å². The number of allylic oxidation sites excluding steroid dienone is 1. The van der Waals surface area contributed by atoms with Gasteiger partial charge < -0.3 is 35.4 Å². The molecule has 12 nitrogen and oxygen atoms in total. The van der Waals surface area contributed by atoms with E-state index in [1.54, 1.807) is 0 Å². The first-order valence-electron chi connectivity index (χ1n) is 17.4. The molecule has 4 fully saturated rings. The maximum Gasteiger partial charge on any atom is 0.408 e. The van der Waals surface area contributed by atoms with Crippen LogP contribution in [0.1, 0.15) is 85.0 Å². The van der Waals surface area contributed by atoms with Gasteiger partial charge >= 0.3 is 6.09 Å². The van der Waals surface area contributed by atoms with Gasteiger partial charge in [0.2, 0.25) is 5.91 Å². The SMILES string of the molecule is C#CCC(NC(=O)/C=C/CC[C@@H](C)[C@H]1CC[C@H]2[C@@H]3[C@H](O)C[C@@H]4C[C@H](O)CC[C@]4(C)[C@H]3C[C@H](O)[C@]12C)NC(=O)OCCOCCN=[N+]=[N-]. The van der Waals surface area contributed by atoms with E-state index in [1.165, 1.54) is 6.08 Å². The van der Waals surface area contributed by atoms with E-state index in [0.29, 0.717) is 30.6 Å². The van der Waals surface area contributed by atoms with Gasteiger partial charge in [0.25, 0.3) is 0 Å². The summed E-state index contributed by atoms with van der Waals surface area (Å²) in [6.45, 7) is 7.38. The molecule has 2 amide bonds. The predicted octanol–water partition coefficient (Wildman–Crippen LogP) is 4.44. The topological polar surface area (TPSA) is 186 Å². The minimum absolute atomic E-state index is 0.0125. The Bertz CT molecular complexity index is 1200. The molecular weight excluding hydrogens is 602 g/mol. The van der Waals surface area contributed by atoms with E-state index in [1.807, 2.05) is 6.08 Å². The first-order chi connectivity index (χ1) is 22.4. The van der Waals surface area contributed by atoms with Crippen LogP contribution in [-0.2, 0) is 14.3 Å². The largest absolute Gasteiger partial charge is 0.447 e. The molecule has 4 aliphatic carbocycles. The monoisotopic (exact) mass is 657 g/mol. The van der Waals surface area contributed by atoms with Crippen LogP contribution in [-0.4, -0.2) is 78.2 Å². The number of nitrogens with one attached hydrogen (secondary N) is 2. The molecule has 4 saturated carbocycles. The number of azide groups is 1. The van der Waals surface area contributed by atoms with Crippen LogP contribution in [0.5, 0.6) is 0 Å². The lowest BCUT2D eigenvalue weighted by Gasteiger charge is -2.63. The second-order valence-electron chi connectivity index (χ2n) is 14.8. The Morgan fingerprint density at radius 2 is 1.89 bits per heavy atom. The Kier molecular flexibility index (Phi) is 13.0. The van der Waals surface area contributed by atoms with E-state index >= 15 is 0 Å². The lowest BCUT2D eigenvalue weighted by Crippen LogP contribution is -2.62. The summed E-state index contributed by atoms with van der Waals surface area (Å²) in [6.07, 6.45) is 13.7. The van der Waals surface area contributed by atoms with Crippen molar-refractivity contribution in [2.75, 3.05) is 26.4 Å². The predicted molar refractivity (Wildman–Crippen MR) is 176 cm³/mol. The molecule has 0 aromatic carbocycles. The third-order valence-electron chi connectivity index (χ3n) is 12.4. The van der Waals surface area contributed by atoms with Gasteiger partial charge in [-0.3, -0.25) is 4.79 Å². The van der Waals surface area contributed by atoms with Crippen LogP contribution in [0.25, 0.3) is 10.4 Å². The summed E-state index contributed by atoms with van der Waals surface area (Å²) < 4.78 is 10.2. The van der Waals surface area contributed by atoms with Crippen molar-refractivity contribution in [2.24, 2.45) is 51.5 Å². The molecule has 0 heterocycles. The number of alkyl carbamates (subject to hydrolysis) is 1. The van der Waals surface area contributed by atoms with Crippen molar-refractivity contribution in [3.8, 4) is 12.3 Å². The highest BCUT2D eigenvalue weighted by Crippen LogP contribution is 2.68. The van der Waals surface area contributed by atoms with Gasteiger partial charge in [0.15, 0.2) is 0 Å². The highest BCUT2D eigenvalue weighted by atomic mass is 16.6. The Morgan fingerprint density at radius 3 is 2.64 bits per heavy atom. The summed E-state index contributed by atoms with van der Waals surface area (Å²) in [5, 5.41) is 42.2. The highest BCUT2D eigenvalue weighted by Gasteiger charge is 2.65. The van der Waals surface area contributed by atoms with E-state index in [9.17, 15) is 24.9 Å². The fourth-order valence-corrected chi connectivity index (χ4v) is 9.99. The zero-order chi connectivity index (χ0) is 34.2. The van der Waals surface area contributed by atoms with Crippen molar-refractivity contribution in [3.63, 3.8) is 0 Å². The smallest absolute Gasteiger partial charge is 0.408 e. The molecule has 12 heteroatoms. The number of aliphatic hydroxyl groups excluding tert-OH is 3. The van der Waals surface area contributed by atoms with Crippen molar-refractivity contribution in [1.29, 1.82) is 0 Å². The van der Waals surface area contributed by atoms with E-state index in [4.69, 9.17) is 21.4 Å².